The van der Waals surface area contributed by atoms with Gasteiger partial charge in [-0.15, -0.1) is 0 Å². The van der Waals surface area contributed by atoms with Crippen LogP contribution in [0.3, 0.4) is 0 Å². The Morgan fingerprint density at radius 2 is 1.18 bits per heavy atom. The van der Waals surface area contributed by atoms with Crippen molar-refractivity contribution < 1.29 is 65.5 Å². The second-order valence-corrected chi connectivity index (χ2v) is 10.6. The van der Waals surface area contributed by atoms with Gasteiger partial charge in [-0.3, -0.25) is 4.31 Å². The Hall–Kier alpha value is -1.21. The van der Waals surface area contributed by atoms with Crippen LogP contribution in [-0.4, -0.2) is 60.9 Å². The van der Waals surface area contributed by atoms with Crippen LogP contribution in [0.1, 0.15) is 6.42 Å². The lowest BCUT2D eigenvalue weighted by molar-refractivity contribution is -0.440. The highest BCUT2D eigenvalue weighted by atomic mass is 127. The van der Waals surface area contributed by atoms with Crippen molar-refractivity contribution in [2.24, 2.45) is 0 Å². The van der Waals surface area contributed by atoms with Gasteiger partial charge in [-0.05, 0) is 12.1 Å². The SMILES string of the molecule is CS(=O)(=O)N(CC(I)CC(F)(F)C(F)(F)C(F)(F)C(F)(F)C(F)(F)C(F)(F)F)c1ccccc1. The molecule has 0 aliphatic carbocycles. The van der Waals surface area contributed by atoms with Crippen molar-refractivity contribution >= 4 is 38.3 Å². The Bertz CT molecular complexity index is 951. The summed E-state index contributed by atoms with van der Waals surface area (Å²) in [5.74, 6) is -37.4. The molecule has 0 N–H and O–H groups in total. The third-order valence-electron chi connectivity index (χ3n) is 4.28. The van der Waals surface area contributed by atoms with Gasteiger partial charge in [0.25, 0.3) is 0 Å². The van der Waals surface area contributed by atoms with E-state index >= 15 is 0 Å². The van der Waals surface area contributed by atoms with Crippen LogP contribution in [0.15, 0.2) is 30.3 Å². The molecule has 0 heterocycles. The molecule has 1 unspecified atom stereocenters. The van der Waals surface area contributed by atoms with Crippen LogP contribution >= 0.6 is 22.6 Å². The number of para-hydroxylation sites is 1. The van der Waals surface area contributed by atoms with Crippen LogP contribution in [-0.2, 0) is 10.0 Å². The molecule has 0 aromatic heterocycles. The van der Waals surface area contributed by atoms with Crippen molar-refractivity contribution in [3.05, 3.63) is 30.3 Å². The summed E-state index contributed by atoms with van der Waals surface area (Å²) >= 11 is 0.887. The van der Waals surface area contributed by atoms with E-state index in [2.05, 4.69) is 0 Å². The van der Waals surface area contributed by atoms with Gasteiger partial charge in [-0.2, -0.15) is 57.1 Å². The van der Waals surface area contributed by atoms with E-state index < -0.39 is 62.7 Å². The minimum Gasteiger partial charge on any atom is -0.269 e. The second kappa shape index (κ2) is 9.34. The summed E-state index contributed by atoms with van der Waals surface area (Å²) in [6.07, 6.45) is -9.42. The molecule has 3 nitrogen and oxygen atoms in total. The first-order valence-corrected chi connectivity index (χ1v) is 11.6. The molecule has 34 heavy (non-hydrogen) atoms. The van der Waals surface area contributed by atoms with Gasteiger partial charge in [-0.25, -0.2) is 8.42 Å². The van der Waals surface area contributed by atoms with Crippen molar-refractivity contribution in [2.45, 2.75) is 46.1 Å². The molecule has 1 aromatic rings. The second-order valence-electron chi connectivity index (χ2n) is 6.93. The molecule has 1 aromatic carbocycles. The third-order valence-corrected chi connectivity index (χ3v) is 6.28. The predicted molar refractivity (Wildman–Crippen MR) is 102 cm³/mol. The van der Waals surface area contributed by atoms with Crippen molar-refractivity contribution in [2.75, 3.05) is 17.1 Å². The summed E-state index contributed by atoms with van der Waals surface area (Å²) in [5, 5.41) is 0. The zero-order chi connectivity index (χ0) is 27.2. The minimum absolute atomic E-state index is 0.191. The molecule has 0 saturated heterocycles. The van der Waals surface area contributed by atoms with Crippen molar-refractivity contribution in [1.29, 1.82) is 0 Å². The lowest BCUT2D eigenvalue weighted by Gasteiger charge is -2.40. The topological polar surface area (TPSA) is 37.4 Å². The van der Waals surface area contributed by atoms with Crippen LogP contribution in [0.2, 0.25) is 0 Å². The van der Waals surface area contributed by atoms with Gasteiger partial charge in [0.1, 0.15) is 0 Å². The van der Waals surface area contributed by atoms with E-state index in [4.69, 9.17) is 0 Å². The average molecular weight is 657 g/mol. The van der Waals surface area contributed by atoms with Crippen LogP contribution in [0.4, 0.5) is 62.8 Å². The molecule has 0 amide bonds. The van der Waals surface area contributed by atoms with Crippen molar-refractivity contribution in [3.8, 4) is 0 Å². The summed E-state index contributed by atoms with van der Waals surface area (Å²) in [6.45, 7) is -1.10. The van der Waals surface area contributed by atoms with Gasteiger partial charge < -0.3 is 0 Å². The van der Waals surface area contributed by atoms with Gasteiger partial charge in [0, 0.05) is 16.9 Å². The number of hydrogen-bond donors (Lipinski definition) is 0. The zero-order valence-electron chi connectivity index (χ0n) is 16.3. The molecular formula is C16H13F13INO2S. The molecule has 0 saturated carbocycles. The number of nitrogens with zero attached hydrogens (tertiary/aromatic N) is 1. The maximum Gasteiger partial charge on any atom is 0.460 e. The van der Waals surface area contributed by atoms with Gasteiger partial charge in [0.05, 0.1) is 11.9 Å². The Labute approximate surface area is 197 Å². The lowest BCUT2D eigenvalue weighted by Crippen LogP contribution is -2.70. The highest BCUT2D eigenvalue weighted by molar-refractivity contribution is 14.1. The number of sulfonamides is 1. The van der Waals surface area contributed by atoms with Crippen molar-refractivity contribution in [1.82, 2.24) is 0 Å². The molecule has 0 radical (unpaired) electrons. The van der Waals surface area contributed by atoms with Crippen LogP contribution in [0.25, 0.3) is 0 Å². The van der Waals surface area contributed by atoms with Gasteiger partial charge >= 0.3 is 35.8 Å². The molecule has 0 aliphatic rings. The lowest BCUT2D eigenvalue weighted by atomic mass is 9.92. The standard InChI is InChI=1S/C16H13F13INO2S/c1-34(32,33)31(10-5-3-2-4-6-10)8-9(30)7-11(17,18)12(19,20)13(21,22)14(23,24)15(25,26)16(27,28)29/h2-6,9H,7-8H2,1H3. The van der Waals surface area contributed by atoms with E-state index in [-0.39, 0.29) is 5.69 Å². The molecular weight excluding hydrogens is 644 g/mol. The van der Waals surface area contributed by atoms with E-state index in [1.54, 1.807) is 0 Å². The highest BCUT2D eigenvalue weighted by Crippen LogP contribution is 2.60. The molecule has 0 bridgehead atoms. The van der Waals surface area contributed by atoms with Gasteiger partial charge in [0.2, 0.25) is 10.0 Å². The number of hydrogen-bond acceptors (Lipinski definition) is 2. The van der Waals surface area contributed by atoms with E-state index in [0.717, 1.165) is 34.7 Å². The maximum absolute atomic E-state index is 14.0. The largest absolute Gasteiger partial charge is 0.460 e. The van der Waals surface area contributed by atoms with Crippen molar-refractivity contribution in [3.63, 3.8) is 0 Å². The molecule has 0 aliphatic heterocycles. The summed E-state index contributed by atoms with van der Waals surface area (Å²) in [4.78, 5) is 0. The van der Waals surface area contributed by atoms with Crippen LogP contribution < -0.4 is 4.31 Å². The first-order chi connectivity index (χ1) is 14.8. The number of anilines is 1. The summed E-state index contributed by atoms with van der Waals surface area (Å²) in [7, 11) is -4.29. The fourth-order valence-corrected chi connectivity index (χ4v) is 4.65. The third kappa shape index (κ3) is 5.45. The minimum atomic E-state index is -7.98. The smallest absolute Gasteiger partial charge is 0.269 e. The van der Waals surface area contributed by atoms with Crippen LogP contribution in [0.5, 0.6) is 0 Å². The first kappa shape index (κ1) is 30.8. The first-order valence-electron chi connectivity index (χ1n) is 8.47. The molecule has 1 atom stereocenters. The fraction of sp³-hybridized carbons (Fsp3) is 0.625. The molecule has 1 rings (SSSR count). The molecule has 198 valence electrons. The van der Waals surface area contributed by atoms with E-state index in [1.807, 2.05) is 0 Å². The van der Waals surface area contributed by atoms with Gasteiger partial charge in [-0.1, -0.05) is 40.8 Å². The highest BCUT2D eigenvalue weighted by Gasteiger charge is 2.90. The van der Waals surface area contributed by atoms with Crippen LogP contribution in [0, 0.1) is 0 Å². The number of benzene rings is 1. The van der Waals surface area contributed by atoms with E-state index in [9.17, 15) is 65.5 Å². The Balaban J connectivity index is 3.31. The Morgan fingerprint density at radius 3 is 1.56 bits per heavy atom. The quantitative estimate of drug-likeness (QED) is 0.166. The number of halogens is 14. The zero-order valence-corrected chi connectivity index (χ0v) is 19.3. The fourth-order valence-electron chi connectivity index (χ4n) is 2.48. The average Bonchev–Trinajstić information content (AvgIpc) is 2.64. The molecule has 0 fully saturated rings. The summed E-state index contributed by atoms with van der Waals surface area (Å²) < 4.78 is 194. The summed E-state index contributed by atoms with van der Waals surface area (Å²) in [6, 6.07) is 6.22. The van der Waals surface area contributed by atoms with E-state index in [1.165, 1.54) is 18.2 Å². The van der Waals surface area contributed by atoms with Gasteiger partial charge in [0.15, 0.2) is 0 Å². The number of rotatable bonds is 10. The number of alkyl halides is 14. The Kier molecular flexibility index (Phi) is 8.47. The van der Waals surface area contributed by atoms with E-state index in [0.29, 0.717) is 10.6 Å². The normalized spacial score (nSPS) is 15.9. The maximum atomic E-state index is 14.0. The summed E-state index contributed by atoms with van der Waals surface area (Å²) in [5.41, 5.74) is -0.191. The Morgan fingerprint density at radius 1 is 0.765 bits per heavy atom. The molecule has 18 heteroatoms. The monoisotopic (exact) mass is 657 g/mol. The molecule has 0 spiro atoms. The predicted octanol–water partition coefficient (Wildman–Crippen LogP) is 6.39.